The zero-order chi connectivity index (χ0) is 12.5. The van der Waals surface area contributed by atoms with Crippen LogP contribution < -0.4 is 4.74 Å². The van der Waals surface area contributed by atoms with Gasteiger partial charge < -0.3 is 4.74 Å². The lowest BCUT2D eigenvalue weighted by atomic mass is 10.2. The summed E-state index contributed by atoms with van der Waals surface area (Å²) in [7, 11) is 0. The van der Waals surface area contributed by atoms with Crippen LogP contribution in [0.2, 0.25) is 0 Å². The van der Waals surface area contributed by atoms with Gasteiger partial charge >= 0.3 is 0 Å². The van der Waals surface area contributed by atoms with Gasteiger partial charge in [0.05, 0.1) is 5.52 Å². The Balaban J connectivity index is 2.01. The van der Waals surface area contributed by atoms with E-state index in [2.05, 4.69) is 25.9 Å². The molecule has 3 rings (SSSR count). The lowest BCUT2D eigenvalue weighted by Crippen LogP contribution is -1.89. The number of fused-ring (bicyclic) bond motifs is 1. The molecule has 0 saturated carbocycles. The second kappa shape index (κ2) is 4.66. The predicted octanol–water partition coefficient (Wildman–Crippen LogP) is 4.55. The molecule has 2 aromatic heterocycles. The molecule has 0 saturated heterocycles. The Kier molecular flexibility index (Phi) is 3.01. The molecule has 18 heavy (non-hydrogen) atoms. The molecule has 0 aliphatic rings. The van der Waals surface area contributed by atoms with Gasteiger partial charge in [-0.25, -0.2) is 9.97 Å². The largest absolute Gasteiger partial charge is 0.437 e. The van der Waals surface area contributed by atoms with Crippen molar-refractivity contribution in [2.45, 2.75) is 6.92 Å². The van der Waals surface area contributed by atoms with Crippen molar-refractivity contribution in [3.8, 4) is 11.6 Å². The van der Waals surface area contributed by atoms with Gasteiger partial charge in [-0.2, -0.15) is 0 Å². The molecular formula is C13H9BrN2OS. The second-order valence-electron chi connectivity index (χ2n) is 3.83. The quantitative estimate of drug-likeness (QED) is 0.694. The van der Waals surface area contributed by atoms with E-state index in [0.717, 1.165) is 26.0 Å². The lowest BCUT2D eigenvalue weighted by molar-refractivity contribution is 0.468. The maximum absolute atomic E-state index is 5.82. The number of halogens is 1. The Labute approximate surface area is 117 Å². The van der Waals surface area contributed by atoms with E-state index in [0.29, 0.717) is 5.88 Å². The fourth-order valence-electron chi connectivity index (χ4n) is 1.63. The number of ether oxygens (including phenoxy) is 1. The number of benzene rings is 1. The highest BCUT2D eigenvalue weighted by Crippen LogP contribution is 2.31. The highest BCUT2D eigenvalue weighted by Gasteiger charge is 2.07. The zero-order valence-electron chi connectivity index (χ0n) is 9.55. The van der Waals surface area contributed by atoms with Crippen LogP contribution in [0.15, 0.2) is 40.4 Å². The molecule has 3 aromatic rings. The Morgan fingerprint density at radius 3 is 2.94 bits per heavy atom. The van der Waals surface area contributed by atoms with Crippen LogP contribution in [0.25, 0.3) is 10.2 Å². The molecular weight excluding hydrogens is 312 g/mol. The molecule has 0 aliphatic carbocycles. The number of hydrogen-bond donors (Lipinski definition) is 0. The summed E-state index contributed by atoms with van der Waals surface area (Å²) in [5.41, 5.74) is 2.04. The van der Waals surface area contributed by atoms with Gasteiger partial charge in [0.2, 0.25) is 5.88 Å². The molecule has 0 aliphatic heterocycles. The first kappa shape index (κ1) is 11.6. The fraction of sp³-hybridized carbons (Fsp3) is 0.0769. The molecule has 0 unspecified atom stereocenters. The Bertz CT molecular complexity index is 711. The van der Waals surface area contributed by atoms with E-state index >= 15 is 0 Å². The summed E-state index contributed by atoms with van der Waals surface area (Å²) >= 11 is 5.05. The number of hydrogen-bond acceptors (Lipinski definition) is 4. The minimum atomic E-state index is 0.608. The molecule has 0 N–H and O–H groups in total. The van der Waals surface area contributed by atoms with Crippen molar-refractivity contribution in [1.29, 1.82) is 0 Å². The Morgan fingerprint density at radius 2 is 2.11 bits per heavy atom. The topological polar surface area (TPSA) is 35.0 Å². The van der Waals surface area contributed by atoms with Crippen molar-refractivity contribution in [1.82, 2.24) is 9.97 Å². The standard InChI is InChI=1S/C13H9BrN2OS/c1-8-6-9(2-3-10(8)14)17-13-12-11(4-5-18-12)15-7-16-13/h2-7H,1H3. The molecule has 2 heterocycles. The van der Waals surface area contributed by atoms with Gasteiger partial charge in [-0.15, -0.1) is 11.3 Å². The third-order valence-corrected chi connectivity index (χ3v) is 4.34. The Morgan fingerprint density at radius 1 is 1.22 bits per heavy atom. The SMILES string of the molecule is Cc1cc(Oc2ncnc3ccsc23)ccc1Br. The van der Waals surface area contributed by atoms with Gasteiger partial charge in [0, 0.05) is 4.47 Å². The van der Waals surface area contributed by atoms with Crippen LogP contribution in [0.1, 0.15) is 5.56 Å². The van der Waals surface area contributed by atoms with Crippen molar-refractivity contribution < 1.29 is 4.74 Å². The molecule has 5 heteroatoms. The highest BCUT2D eigenvalue weighted by molar-refractivity contribution is 9.10. The molecule has 0 fully saturated rings. The van der Waals surface area contributed by atoms with Crippen LogP contribution >= 0.6 is 27.3 Å². The summed E-state index contributed by atoms with van der Waals surface area (Å²) in [6.45, 7) is 2.03. The first-order valence-corrected chi connectivity index (χ1v) is 7.03. The highest BCUT2D eigenvalue weighted by atomic mass is 79.9. The van der Waals surface area contributed by atoms with Crippen LogP contribution in [0, 0.1) is 6.92 Å². The van der Waals surface area contributed by atoms with Crippen LogP contribution in [-0.4, -0.2) is 9.97 Å². The average molecular weight is 321 g/mol. The number of rotatable bonds is 2. The molecule has 3 nitrogen and oxygen atoms in total. The van der Waals surface area contributed by atoms with E-state index in [1.54, 1.807) is 11.3 Å². The number of aryl methyl sites for hydroxylation is 1. The molecule has 90 valence electrons. The number of aromatic nitrogens is 2. The minimum Gasteiger partial charge on any atom is -0.437 e. The van der Waals surface area contributed by atoms with Crippen molar-refractivity contribution in [3.63, 3.8) is 0 Å². The maximum Gasteiger partial charge on any atom is 0.240 e. The van der Waals surface area contributed by atoms with E-state index in [4.69, 9.17) is 4.74 Å². The van der Waals surface area contributed by atoms with Crippen LogP contribution in [0.4, 0.5) is 0 Å². The van der Waals surface area contributed by atoms with Gasteiger partial charge in [-0.1, -0.05) is 15.9 Å². The lowest BCUT2D eigenvalue weighted by Gasteiger charge is -2.06. The molecule has 0 amide bonds. The monoisotopic (exact) mass is 320 g/mol. The van der Waals surface area contributed by atoms with Gasteiger partial charge in [-0.05, 0) is 42.1 Å². The third kappa shape index (κ3) is 2.11. The third-order valence-electron chi connectivity index (χ3n) is 2.55. The maximum atomic E-state index is 5.82. The van der Waals surface area contributed by atoms with Crippen LogP contribution in [-0.2, 0) is 0 Å². The summed E-state index contributed by atoms with van der Waals surface area (Å²) in [6, 6.07) is 7.82. The number of nitrogens with zero attached hydrogens (tertiary/aromatic N) is 2. The van der Waals surface area contributed by atoms with Crippen molar-refractivity contribution in [3.05, 3.63) is 46.0 Å². The molecule has 1 aromatic carbocycles. The first-order valence-electron chi connectivity index (χ1n) is 5.36. The van der Waals surface area contributed by atoms with Gasteiger partial charge in [0.1, 0.15) is 16.8 Å². The summed E-state index contributed by atoms with van der Waals surface area (Å²) < 4.78 is 7.86. The summed E-state index contributed by atoms with van der Waals surface area (Å²) in [5, 5.41) is 1.99. The van der Waals surface area contributed by atoms with Crippen molar-refractivity contribution in [2.75, 3.05) is 0 Å². The van der Waals surface area contributed by atoms with Crippen molar-refractivity contribution in [2.24, 2.45) is 0 Å². The summed E-state index contributed by atoms with van der Waals surface area (Å²) in [5.74, 6) is 1.39. The average Bonchev–Trinajstić information content (AvgIpc) is 2.83. The first-order chi connectivity index (χ1) is 8.74. The fourth-order valence-corrected chi connectivity index (χ4v) is 2.65. The van der Waals surface area contributed by atoms with Crippen LogP contribution in [0.5, 0.6) is 11.6 Å². The van der Waals surface area contributed by atoms with E-state index in [9.17, 15) is 0 Å². The molecule has 0 bridgehead atoms. The van der Waals surface area contributed by atoms with Crippen molar-refractivity contribution >= 4 is 37.5 Å². The van der Waals surface area contributed by atoms with Gasteiger partial charge in [0.25, 0.3) is 0 Å². The predicted molar refractivity (Wildman–Crippen MR) is 76.4 cm³/mol. The van der Waals surface area contributed by atoms with E-state index in [1.807, 2.05) is 36.6 Å². The molecule has 0 spiro atoms. The van der Waals surface area contributed by atoms with Gasteiger partial charge in [0.15, 0.2) is 0 Å². The second-order valence-corrected chi connectivity index (χ2v) is 5.60. The minimum absolute atomic E-state index is 0.608. The number of thiophene rings is 1. The summed E-state index contributed by atoms with van der Waals surface area (Å²) in [6.07, 6.45) is 1.52. The molecule has 0 atom stereocenters. The normalized spacial score (nSPS) is 10.8. The molecule has 0 radical (unpaired) electrons. The summed E-state index contributed by atoms with van der Waals surface area (Å²) in [4.78, 5) is 8.38. The van der Waals surface area contributed by atoms with E-state index in [-0.39, 0.29) is 0 Å². The van der Waals surface area contributed by atoms with Gasteiger partial charge in [-0.3, -0.25) is 0 Å². The van der Waals surface area contributed by atoms with E-state index in [1.165, 1.54) is 6.33 Å². The smallest absolute Gasteiger partial charge is 0.240 e. The zero-order valence-corrected chi connectivity index (χ0v) is 12.0. The Hall–Kier alpha value is -1.46. The van der Waals surface area contributed by atoms with E-state index < -0.39 is 0 Å². The van der Waals surface area contributed by atoms with Crippen LogP contribution in [0.3, 0.4) is 0 Å².